The van der Waals surface area contributed by atoms with E-state index in [-0.39, 0.29) is 11.3 Å². The van der Waals surface area contributed by atoms with E-state index in [1.165, 1.54) is 26.4 Å². The fourth-order valence-electron chi connectivity index (χ4n) is 1.17. The predicted molar refractivity (Wildman–Crippen MR) is 50.7 cm³/mol. The van der Waals surface area contributed by atoms with Crippen LogP contribution in [0.3, 0.4) is 0 Å². The molecule has 0 heterocycles. The highest BCUT2D eigenvalue weighted by Crippen LogP contribution is 2.27. The van der Waals surface area contributed by atoms with Crippen LogP contribution in [-0.4, -0.2) is 25.3 Å². The van der Waals surface area contributed by atoms with Crippen molar-refractivity contribution in [3.8, 4) is 11.5 Å². The third kappa shape index (κ3) is 1.79. The van der Waals surface area contributed by atoms with Crippen LogP contribution in [0.5, 0.6) is 11.5 Å². The number of carbonyl (C=O) groups excluding carboxylic acids is 1. The first-order valence-corrected chi connectivity index (χ1v) is 4.06. The van der Waals surface area contributed by atoms with Gasteiger partial charge in [0.05, 0.1) is 14.2 Å². The second-order valence-corrected chi connectivity index (χ2v) is 2.83. The summed E-state index contributed by atoms with van der Waals surface area (Å²) in [6.45, 7) is 1.78. The number of benzene rings is 1. The van der Waals surface area contributed by atoms with E-state index in [4.69, 9.17) is 4.74 Å². The molecule has 0 aliphatic rings. The van der Waals surface area contributed by atoms with Gasteiger partial charge in [0.15, 0.2) is 0 Å². The van der Waals surface area contributed by atoms with E-state index in [1.807, 2.05) is 0 Å². The smallest absolute Gasteiger partial charge is 0.341 e. The molecule has 0 aliphatic carbocycles. The van der Waals surface area contributed by atoms with Gasteiger partial charge in [-0.2, -0.15) is 0 Å². The Morgan fingerprint density at radius 1 is 1.36 bits per heavy atom. The molecule has 0 saturated heterocycles. The average Bonchev–Trinajstić information content (AvgIpc) is 2.19. The molecule has 0 atom stereocenters. The van der Waals surface area contributed by atoms with Crippen molar-refractivity contribution < 1.29 is 19.4 Å². The number of hydrogen-bond acceptors (Lipinski definition) is 4. The van der Waals surface area contributed by atoms with Crippen molar-refractivity contribution in [3.05, 3.63) is 23.3 Å². The number of rotatable bonds is 2. The van der Waals surface area contributed by atoms with Crippen molar-refractivity contribution in [2.45, 2.75) is 6.92 Å². The number of ether oxygens (including phenoxy) is 2. The molecule has 1 rings (SSSR count). The van der Waals surface area contributed by atoms with Crippen molar-refractivity contribution in [1.29, 1.82) is 0 Å². The van der Waals surface area contributed by atoms with Crippen LogP contribution < -0.4 is 4.74 Å². The lowest BCUT2D eigenvalue weighted by molar-refractivity contribution is 0.0597. The summed E-state index contributed by atoms with van der Waals surface area (Å²) in [4.78, 5) is 11.2. The fourth-order valence-corrected chi connectivity index (χ4v) is 1.17. The molecule has 0 fully saturated rings. The summed E-state index contributed by atoms with van der Waals surface area (Å²) in [7, 11) is 2.76. The largest absolute Gasteiger partial charge is 0.507 e. The van der Waals surface area contributed by atoms with Crippen molar-refractivity contribution >= 4 is 5.97 Å². The first-order valence-electron chi connectivity index (χ1n) is 4.06. The molecule has 0 radical (unpaired) electrons. The fraction of sp³-hybridized carbons (Fsp3) is 0.300. The SMILES string of the molecule is COC(=O)c1cc(C)c(OC)cc1O. The highest BCUT2D eigenvalue weighted by Gasteiger charge is 2.14. The van der Waals surface area contributed by atoms with E-state index >= 15 is 0 Å². The van der Waals surface area contributed by atoms with E-state index in [9.17, 15) is 9.90 Å². The Morgan fingerprint density at radius 2 is 2.00 bits per heavy atom. The van der Waals surface area contributed by atoms with Gasteiger partial charge in [-0.3, -0.25) is 0 Å². The van der Waals surface area contributed by atoms with E-state index in [2.05, 4.69) is 4.74 Å². The van der Waals surface area contributed by atoms with Crippen LogP contribution in [0.2, 0.25) is 0 Å². The summed E-state index contributed by atoms with van der Waals surface area (Å²) in [6.07, 6.45) is 0. The predicted octanol–water partition coefficient (Wildman–Crippen LogP) is 1.50. The summed E-state index contributed by atoms with van der Waals surface area (Å²) in [5, 5.41) is 9.47. The molecule has 0 unspecified atom stereocenters. The van der Waals surface area contributed by atoms with E-state index in [0.29, 0.717) is 5.75 Å². The highest BCUT2D eigenvalue weighted by atomic mass is 16.5. The zero-order chi connectivity index (χ0) is 10.7. The Balaban J connectivity index is 3.21. The Labute approximate surface area is 82.1 Å². The summed E-state index contributed by atoms with van der Waals surface area (Å²) < 4.78 is 9.49. The number of hydrogen-bond donors (Lipinski definition) is 1. The maximum atomic E-state index is 11.2. The molecule has 1 N–H and O–H groups in total. The van der Waals surface area contributed by atoms with Crippen LogP contribution in [0.1, 0.15) is 15.9 Å². The normalized spacial score (nSPS) is 9.64. The molecular formula is C10H12O4. The Kier molecular flexibility index (Phi) is 2.96. The topological polar surface area (TPSA) is 55.8 Å². The minimum absolute atomic E-state index is 0.140. The number of phenols is 1. The zero-order valence-corrected chi connectivity index (χ0v) is 8.33. The zero-order valence-electron chi connectivity index (χ0n) is 8.33. The maximum absolute atomic E-state index is 11.2. The van der Waals surface area contributed by atoms with Crippen molar-refractivity contribution in [1.82, 2.24) is 0 Å². The lowest BCUT2D eigenvalue weighted by Gasteiger charge is -2.08. The summed E-state index contributed by atoms with van der Waals surface area (Å²) >= 11 is 0. The van der Waals surface area contributed by atoms with Gasteiger partial charge in [-0.25, -0.2) is 4.79 Å². The van der Waals surface area contributed by atoms with Gasteiger partial charge < -0.3 is 14.6 Å². The lowest BCUT2D eigenvalue weighted by Crippen LogP contribution is -2.02. The Bertz CT molecular complexity index is 357. The third-order valence-electron chi connectivity index (χ3n) is 1.92. The Hall–Kier alpha value is -1.71. The van der Waals surface area contributed by atoms with Gasteiger partial charge >= 0.3 is 5.97 Å². The van der Waals surface area contributed by atoms with Crippen LogP contribution in [-0.2, 0) is 4.74 Å². The molecule has 0 amide bonds. The monoisotopic (exact) mass is 196 g/mol. The number of esters is 1. The first kappa shape index (κ1) is 10.4. The Morgan fingerprint density at radius 3 is 2.50 bits per heavy atom. The van der Waals surface area contributed by atoms with Crippen LogP contribution in [0.25, 0.3) is 0 Å². The van der Waals surface area contributed by atoms with E-state index in [1.54, 1.807) is 6.92 Å². The number of aryl methyl sites for hydroxylation is 1. The number of phenolic OH excluding ortho intramolecular Hbond substituents is 1. The number of methoxy groups -OCH3 is 2. The van der Waals surface area contributed by atoms with Crippen LogP contribution in [0, 0.1) is 6.92 Å². The molecule has 4 nitrogen and oxygen atoms in total. The van der Waals surface area contributed by atoms with Crippen molar-refractivity contribution in [3.63, 3.8) is 0 Å². The molecule has 0 aromatic heterocycles. The summed E-state index contributed by atoms with van der Waals surface area (Å²) in [5.74, 6) is -0.164. The number of aromatic hydroxyl groups is 1. The van der Waals surface area contributed by atoms with Gasteiger partial charge in [-0.1, -0.05) is 0 Å². The van der Waals surface area contributed by atoms with Crippen molar-refractivity contribution in [2.75, 3.05) is 14.2 Å². The molecule has 0 saturated carbocycles. The van der Waals surface area contributed by atoms with Crippen LogP contribution >= 0.6 is 0 Å². The van der Waals surface area contributed by atoms with Crippen LogP contribution in [0.4, 0.5) is 0 Å². The van der Waals surface area contributed by atoms with Gasteiger partial charge in [0, 0.05) is 6.07 Å². The quantitative estimate of drug-likeness (QED) is 0.728. The highest BCUT2D eigenvalue weighted by molar-refractivity contribution is 5.92. The third-order valence-corrected chi connectivity index (χ3v) is 1.92. The molecule has 14 heavy (non-hydrogen) atoms. The van der Waals surface area contributed by atoms with Gasteiger partial charge in [0.1, 0.15) is 17.1 Å². The molecule has 76 valence electrons. The molecular weight excluding hydrogens is 184 g/mol. The average molecular weight is 196 g/mol. The minimum atomic E-state index is -0.562. The van der Waals surface area contributed by atoms with Crippen molar-refractivity contribution in [2.24, 2.45) is 0 Å². The van der Waals surface area contributed by atoms with Gasteiger partial charge in [0.2, 0.25) is 0 Å². The molecule has 1 aromatic carbocycles. The maximum Gasteiger partial charge on any atom is 0.341 e. The van der Waals surface area contributed by atoms with Crippen LogP contribution in [0.15, 0.2) is 12.1 Å². The van der Waals surface area contributed by atoms with E-state index < -0.39 is 5.97 Å². The lowest BCUT2D eigenvalue weighted by atomic mass is 10.1. The second-order valence-electron chi connectivity index (χ2n) is 2.83. The molecule has 0 spiro atoms. The number of carbonyl (C=O) groups is 1. The van der Waals surface area contributed by atoms with Gasteiger partial charge in [-0.05, 0) is 18.6 Å². The van der Waals surface area contributed by atoms with E-state index in [0.717, 1.165) is 5.56 Å². The molecule has 0 aliphatic heterocycles. The second kappa shape index (κ2) is 4.00. The van der Waals surface area contributed by atoms with Gasteiger partial charge in [-0.15, -0.1) is 0 Å². The summed E-state index contributed by atoms with van der Waals surface area (Å²) in [6, 6.07) is 2.92. The first-order chi connectivity index (χ1) is 6.60. The standard InChI is InChI=1S/C10H12O4/c1-6-4-7(10(12)14-3)8(11)5-9(6)13-2/h4-5,11H,1-3H3. The molecule has 1 aromatic rings. The molecule has 0 bridgehead atoms. The minimum Gasteiger partial charge on any atom is -0.507 e. The summed E-state index contributed by atoms with van der Waals surface area (Å²) in [5.41, 5.74) is 0.913. The molecule has 4 heteroatoms. The van der Waals surface area contributed by atoms with Gasteiger partial charge in [0.25, 0.3) is 0 Å².